The zero-order valence-electron chi connectivity index (χ0n) is 21.1. The van der Waals surface area contributed by atoms with Crippen LogP contribution in [-0.4, -0.2) is 73.7 Å². The maximum atomic E-state index is 13.8. The number of carbonyl (C=O) groups is 2. The van der Waals surface area contributed by atoms with Gasteiger partial charge in [-0.15, -0.1) is 0 Å². The molecule has 2 aliphatic heterocycles. The average Bonchev–Trinajstić information content (AvgIpc) is 3.79. The summed E-state index contributed by atoms with van der Waals surface area (Å²) >= 11 is 6.32. The third kappa shape index (κ3) is 5.00. The minimum atomic E-state index is -4.87. The third-order valence-electron chi connectivity index (χ3n) is 8.38. The summed E-state index contributed by atoms with van der Waals surface area (Å²) in [5.74, 6) is -5.02. The predicted octanol–water partition coefficient (Wildman–Crippen LogP) is 3.83. The fourth-order valence-corrected chi connectivity index (χ4v) is 7.65. The van der Waals surface area contributed by atoms with Gasteiger partial charge in [0.05, 0.1) is 21.2 Å². The summed E-state index contributed by atoms with van der Waals surface area (Å²) in [6.07, 6.45) is -6.34. The number of anilines is 1. The van der Waals surface area contributed by atoms with E-state index < -0.39 is 81.8 Å². The van der Waals surface area contributed by atoms with E-state index in [2.05, 4.69) is 5.32 Å². The van der Waals surface area contributed by atoms with Crippen molar-refractivity contribution in [2.24, 2.45) is 5.41 Å². The van der Waals surface area contributed by atoms with Gasteiger partial charge in [-0.2, -0.15) is 18.4 Å². The molecule has 1 aromatic rings. The van der Waals surface area contributed by atoms with E-state index in [0.29, 0.717) is 23.4 Å². The first-order valence-corrected chi connectivity index (χ1v) is 14.7. The number of piperidine rings is 1. The largest absolute Gasteiger partial charge is 0.403 e. The van der Waals surface area contributed by atoms with E-state index in [0.717, 1.165) is 0 Å². The Morgan fingerprint density at radius 3 is 2.20 bits per heavy atom. The highest BCUT2D eigenvalue weighted by molar-refractivity contribution is 7.92. The highest BCUT2D eigenvalue weighted by atomic mass is 35.5. The number of nitrogens with one attached hydrogen (secondary N) is 1. The second kappa shape index (κ2) is 9.44. The van der Waals surface area contributed by atoms with E-state index in [-0.39, 0.29) is 35.8 Å². The van der Waals surface area contributed by atoms with Gasteiger partial charge >= 0.3 is 6.18 Å². The van der Waals surface area contributed by atoms with Crippen LogP contribution in [0.3, 0.4) is 0 Å². The van der Waals surface area contributed by atoms with Crippen LogP contribution in [0.5, 0.6) is 0 Å². The molecular weight excluding hydrogens is 583 g/mol. The molecule has 2 saturated carbocycles. The number of nitrogens with zero attached hydrogens (tertiary/aromatic N) is 3. The van der Waals surface area contributed by atoms with Crippen LogP contribution < -0.4 is 10.2 Å². The van der Waals surface area contributed by atoms with Gasteiger partial charge < -0.3 is 15.1 Å². The first kappa shape index (κ1) is 28.9. The number of halogens is 6. The number of amides is 2. The Morgan fingerprint density at radius 1 is 1.07 bits per heavy atom. The molecule has 0 radical (unpaired) electrons. The van der Waals surface area contributed by atoms with Crippen molar-refractivity contribution in [1.29, 1.82) is 5.26 Å². The van der Waals surface area contributed by atoms with Crippen LogP contribution in [0, 0.1) is 16.7 Å². The Morgan fingerprint density at radius 2 is 1.70 bits per heavy atom. The van der Waals surface area contributed by atoms with Crippen molar-refractivity contribution in [3.8, 4) is 6.07 Å². The van der Waals surface area contributed by atoms with Gasteiger partial charge in [0.15, 0.2) is 9.84 Å². The summed E-state index contributed by atoms with van der Waals surface area (Å²) in [6.45, 7) is -0.579. The number of hydrogen-bond donors (Lipinski definition) is 1. The maximum Gasteiger partial charge on any atom is 0.403 e. The number of alkyl halides is 5. The molecule has 0 aromatic heterocycles. The molecule has 1 aromatic carbocycles. The topological polar surface area (TPSA) is 111 Å². The van der Waals surface area contributed by atoms with E-state index in [1.54, 1.807) is 4.90 Å². The molecule has 2 saturated heterocycles. The maximum absolute atomic E-state index is 13.8. The van der Waals surface area contributed by atoms with E-state index in [1.165, 1.54) is 18.2 Å². The van der Waals surface area contributed by atoms with Crippen molar-refractivity contribution in [3.63, 3.8) is 0 Å². The molecule has 0 bridgehead atoms. The molecule has 40 heavy (non-hydrogen) atoms. The van der Waals surface area contributed by atoms with E-state index in [4.69, 9.17) is 11.6 Å². The third-order valence-corrected chi connectivity index (χ3v) is 11.0. The van der Waals surface area contributed by atoms with Crippen molar-refractivity contribution in [2.45, 2.75) is 78.8 Å². The molecule has 2 heterocycles. The minimum Gasteiger partial charge on any atom is -0.371 e. The molecule has 4 fully saturated rings. The van der Waals surface area contributed by atoms with Gasteiger partial charge in [0.25, 0.3) is 5.92 Å². The molecule has 4 aliphatic rings. The number of likely N-dealkylation sites (tertiary alicyclic amines) is 1. The number of nitriles is 1. The fraction of sp³-hybridized carbons (Fsp3) is 0.640. The zero-order chi connectivity index (χ0) is 29.3. The van der Waals surface area contributed by atoms with Crippen LogP contribution in [0.15, 0.2) is 23.1 Å². The van der Waals surface area contributed by atoms with Crippen LogP contribution in [0.4, 0.5) is 27.6 Å². The summed E-state index contributed by atoms with van der Waals surface area (Å²) in [6, 6.07) is 4.35. The second-order valence-corrected chi connectivity index (χ2v) is 13.7. The zero-order valence-corrected chi connectivity index (χ0v) is 22.7. The summed E-state index contributed by atoms with van der Waals surface area (Å²) in [4.78, 5) is 28.2. The summed E-state index contributed by atoms with van der Waals surface area (Å²) in [7, 11) is -4.35. The van der Waals surface area contributed by atoms with E-state index in [9.17, 15) is 45.2 Å². The first-order chi connectivity index (χ1) is 18.5. The summed E-state index contributed by atoms with van der Waals surface area (Å²) in [5, 5.41) is 10.1. The molecule has 8 nitrogen and oxygen atoms in total. The lowest BCUT2D eigenvalue weighted by Crippen LogP contribution is -2.53. The monoisotopic (exact) mass is 608 g/mol. The Bertz CT molecular complexity index is 1380. The Hall–Kier alpha value is -2.66. The van der Waals surface area contributed by atoms with Crippen molar-refractivity contribution in [3.05, 3.63) is 23.2 Å². The van der Waals surface area contributed by atoms with Gasteiger partial charge in [0.2, 0.25) is 11.8 Å². The Balaban J connectivity index is 1.40. The highest BCUT2D eigenvalue weighted by Gasteiger charge is 2.70. The van der Waals surface area contributed by atoms with E-state index in [1.807, 2.05) is 6.07 Å². The molecule has 5 rings (SSSR count). The number of rotatable bonds is 6. The Kier molecular flexibility index (Phi) is 6.81. The van der Waals surface area contributed by atoms with Gasteiger partial charge in [0.1, 0.15) is 17.0 Å². The number of carbonyl (C=O) groups excluding carboxylic acids is 2. The molecule has 1 N–H and O–H groups in total. The smallest absolute Gasteiger partial charge is 0.371 e. The molecule has 2 aliphatic carbocycles. The van der Waals surface area contributed by atoms with Crippen LogP contribution in [0.25, 0.3) is 0 Å². The van der Waals surface area contributed by atoms with Crippen molar-refractivity contribution in [2.75, 3.05) is 24.5 Å². The van der Waals surface area contributed by atoms with Gasteiger partial charge in [-0.05, 0) is 50.3 Å². The van der Waals surface area contributed by atoms with Gasteiger partial charge in [0, 0.05) is 38.2 Å². The van der Waals surface area contributed by atoms with Crippen LogP contribution in [-0.2, 0) is 19.4 Å². The fourth-order valence-electron chi connectivity index (χ4n) is 5.41. The average molecular weight is 609 g/mol. The standard InChI is InChI=1S/C25H26ClF5N4O4S/c26-17-11-15(34-9-7-24(27,28)8-10-34)1-2-19(17)40(38,39)16-12-18(20(36)33-22(14-32)3-4-22)35(13-16)21(37)23(5-6-23)25(29,30)31/h1-2,11,16,18H,3-10,12-13H2,(H,33,36). The van der Waals surface area contributed by atoms with Crippen LogP contribution in [0.1, 0.15) is 44.9 Å². The van der Waals surface area contributed by atoms with Crippen molar-refractivity contribution < 1.29 is 40.0 Å². The van der Waals surface area contributed by atoms with Crippen LogP contribution in [0.2, 0.25) is 5.02 Å². The number of benzene rings is 1. The lowest BCUT2D eigenvalue weighted by atomic mass is 10.0. The first-order valence-electron chi connectivity index (χ1n) is 12.8. The molecule has 2 atom stereocenters. The second-order valence-electron chi connectivity index (χ2n) is 11.1. The van der Waals surface area contributed by atoms with Crippen molar-refractivity contribution in [1.82, 2.24) is 10.2 Å². The summed E-state index contributed by atoms with van der Waals surface area (Å²) in [5.41, 5.74) is -3.41. The SMILES string of the molecule is N#CC1(NC(=O)C2CC(S(=O)(=O)c3ccc(N4CCC(F)(F)CC4)cc3Cl)CN2C(=O)C2(C(F)(F)F)CC2)CC1. The molecule has 0 spiro atoms. The molecule has 218 valence electrons. The summed E-state index contributed by atoms with van der Waals surface area (Å²) < 4.78 is 95.7. The normalized spacial score (nSPS) is 26.6. The lowest BCUT2D eigenvalue weighted by Gasteiger charge is -2.33. The van der Waals surface area contributed by atoms with Crippen molar-refractivity contribution >= 4 is 38.9 Å². The van der Waals surface area contributed by atoms with Gasteiger partial charge in [-0.3, -0.25) is 9.59 Å². The quantitative estimate of drug-likeness (QED) is 0.492. The Labute approximate surface area is 232 Å². The molecular formula is C25H26ClF5N4O4S. The number of sulfone groups is 1. The van der Waals surface area contributed by atoms with Crippen LogP contribution >= 0.6 is 11.6 Å². The predicted molar refractivity (Wildman–Crippen MR) is 132 cm³/mol. The lowest BCUT2D eigenvalue weighted by molar-refractivity contribution is -0.199. The van der Waals surface area contributed by atoms with Gasteiger partial charge in [-0.25, -0.2) is 17.2 Å². The number of hydrogen-bond acceptors (Lipinski definition) is 6. The molecule has 2 unspecified atom stereocenters. The van der Waals surface area contributed by atoms with E-state index >= 15 is 0 Å². The molecule has 15 heteroatoms. The molecule has 2 amide bonds. The highest BCUT2D eigenvalue weighted by Crippen LogP contribution is 2.59. The minimum absolute atomic E-state index is 0.0387. The van der Waals surface area contributed by atoms with Gasteiger partial charge in [-0.1, -0.05) is 11.6 Å².